The van der Waals surface area contributed by atoms with Crippen LogP contribution in [0, 0.1) is 5.92 Å². The van der Waals surface area contributed by atoms with Crippen LogP contribution in [0.4, 0.5) is 0 Å². The van der Waals surface area contributed by atoms with Crippen molar-refractivity contribution in [2.24, 2.45) is 5.92 Å². The normalized spacial score (nSPS) is 15.6. The van der Waals surface area contributed by atoms with E-state index in [4.69, 9.17) is 0 Å². The minimum Gasteiger partial charge on any atom is -0.388 e. The van der Waals surface area contributed by atoms with Crippen molar-refractivity contribution in [3.8, 4) is 0 Å². The van der Waals surface area contributed by atoms with Crippen molar-refractivity contribution in [2.45, 2.75) is 39.2 Å². The molecule has 0 saturated heterocycles. The molecular weight excluding hydrogens is 266 g/mol. The minimum absolute atomic E-state index is 0.118. The summed E-state index contributed by atoms with van der Waals surface area (Å²) >= 11 is 0. The average Bonchev–Trinajstić information content (AvgIpc) is 2.88. The third-order valence-corrected chi connectivity index (χ3v) is 4.20. The number of H-pyrrole nitrogens is 1. The summed E-state index contributed by atoms with van der Waals surface area (Å²) < 4.78 is 0. The van der Waals surface area contributed by atoms with E-state index in [9.17, 15) is 9.90 Å². The van der Waals surface area contributed by atoms with Crippen LogP contribution in [-0.2, 0) is 11.2 Å². The van der Waals surface area contributed by atoms with Crippen molar-refractivity contribution in [1.82, 2.24) is 15.5 Å². The van der Waals surface area contributed by atoms with E-state index < -0.39 is 5.60 Å². The molecular formula is C16H23N3O2. The highest BCUT2D eigenvalue weighted by Gasteiger charge is 2.27. The van der Waals surface area contributed by atoms with Gasteiger partial charge in [-0.05, 0) is 18.9 Å². The van der Waals surface area contributed by atoms with Gasteiger partial charge in [0.05, 0.1) is 23.2 Å². The minimum atomic E-state index is -0.888. The first kappa shape index (κ1) is 15.5. The van der Waals surface area contributed by atoms with Gasteiger partial charge in [0.15, 0.2) is 0 Å². The number of aromatic nitrogens is 2. The van der Waals surface area contributed by atoms with Crippen molar-refractivity contribution >= 4 is 16.8 Å². The third kappa shape index (κ3) is 3.61. The van der Waals surface area contributed by atoms with Gasteiger partial charge in [0.25, 0.3) is 0 Å². The quantitative estimate of drug-likeness (QED) is 0.761. The number of carbonyl (C=O) groups excluding carboxylic acids is 1. The van der Waals surface area contributed by atoms with Gasteiger partial charge in [0, 0.05) is 11.9 Å². The number of rotatable bonds is 6. The Kier molecular flexibility index (Phi) is 4.63. The van der Waals surface area contributed by atoms with Crippen molar-refractivity contribution in [3.05, 3.63) is 30.0 Å². The molecule has 1 amide bonds. The summed E-state index contributed by atoms with van der Waals surface area (Å²) in [6, 6.07) is 7.68. The number of nitrogens with one attached hydrogen (secondary N) is 2. The lowest BCUT2D eigenvalue weighted by atomic mass is 9.88. The van der Waals surface area contributed by atoms with Gasteiger partial charge in [0.1, 0.15) is 0 Å². The van der Waals surface area contributed by atoms with Gasteiger partial charge in [-0.3, -0.25) is 9.89 Å². The van der Waals surface area contributed by atoms with E-state index in [0.717, 1.165) is 23.0 Å². The Bertz CT molecular complexity index is 619. The van der Waals surface area contributed by atoms with Crippen LogP contribution in [0.3, 0.4) is 0 Å². The average molecular weight is 289 g/mol. The Morgan fingerprint density at radius 1 is 1.48 bits per heavy atom. The first-order valence-corrected chi connectivity index (χ1v) is 7.35. The van der Waals surface area contributed by atoms with Crippen LogP contribution in [0.2, 0.25) is 0 Å². The molecule has 0 aliphatic rings. The van der Waals surface area contributed by atoms with Crippen LogP contribution in [0.15, 0.2) is 24.3 Å². The molecule has 5 heteroatoms. The number of aliphatic hydroxyl groups is 1. The molecule has 2 aromatic rings. The van der Waals surface area contributed by atoms with Crippen LogP contribution in [0.1, 0.15) is 32.9 Å². The summed E-state index contributed by atoms with van der Waals surface area (Å²) in [5.41, 5.74) is 0.763. The van der Waals surface area contributed by atoms with Gasteiger partial charge in [-0.15, -0.1) is 0 Å². The molecule has 0 aliphatic carbocycles. The van der Waals surface area contributed by atoms with Crippen LogP contribution in [0.25, 0.3) is 10.9 Å². The zero-order chi connectivity index (χ0) is 15.5. The number of hydrogen-bond donors (Lipinski definition) is 3. The molecule has 0 saturated carbocycles. The van der Waals surface area contributed by atoms with Gasteiger partial charge in [-0.25, -0.2) is 0 Å². The molecule has 2 rings (SSSR count). The monoisotopic (exact) mass is 289 g/mol. The summed E-state index contributed by atoms with van der Waals surface area (Å²) in [6.07, 6.45) is 1.10. The Morgan fingerprint density at radius 2 is 2.19 bits per heavy atom. The first-order chi connectivity index (χ1) is 9.94. The third-order valence-electron chi connectivity index (χ3n) is 4.20. The lowest BCUT2D eigenvalue weighted by Gasteiger charge is -2.29. The summed E-state index contributed by atoms with van der Waals surface area (Å²) in [6.45, 7) is 6.02. The second-order valence-corrected chi connectivity index (χ2v) is 5.84. The predicted octanol–water partition coefficient (Wildman–Crippen LogP) is 2.02. The summed E-state index contributed by atoms with van der Waals surface area (Å²) in [7, 11) is 0. The standard InChI is InChI=1S/C16H23N3O2/c1-4-11(2)16(3,21)10-17-15(20)9-14-12-7-5-6-8-13(12)18-19-14/h5-8,11,21H,4,9-10H2,1-3H3,(H,17,20)(H,18,19). The number of fused-ring (bicyclic) bond motifs is 1. The fraction of sp³-hybridized carbons (Fsp3) is 0.500. The molecule has 0 bridgehead atoms. The first-order valence-electron chi connectivity index (χ1n) is 7.35. The van der Waals surface area contributed by atoms with Crippen molar-refractivity contribution in [2.75, 3.05) is 6.54 Å². The van der Waals surface area contributed by atoms with Crippen molar-refractivity contribution in [3.63, 3.8) is 0 Å². The summed E-state index contributed by atoms with van der Waals surface area (Å²) in [5.74, 6) is 0.0127. The zero-order valence-corrected chi connectivity index (χ0v) is 12.8. The Morgan fingerprint density at radius 3 is 2.90 bits per heavy atom. The van der Waals surface area contributed by atoms with E-state index in [2.05, 4.69) is 15.5 Å². The van der Waals surface area contributed by atoms with Crippen LogP contribution in [0.5, 0.6) is 0 Å². The number of carbonyl (C=O) groups is 1. The van der Waals surface area contributed by atoms with E-state index in [0.29, 0.717) is 0 Å². The van der Waals surface area contributed by atoms with Crippen molar-refractivity contribution in [1.29, 1.82) is 0 Å². The van der Waals surface area contributed by atoms with Crippen LogP contribution >= 0.6 is 0 Å². The van der Waals surface area contributed by atoms with Gasteiger partial charge in [0.2, 0.25) is 5.91 Å². The van der Waals surface area contributed by atoms with Crippen LogP contribution < -0.4 is 5.32 Å². The maximum Gasteiger partial charge on any atom is 0.226 e. The summed E-state index contributed by atoms with van der Waals surface area (Å²) in [4.78, 5) is 12.0. The molecule has 0 aliphatic heterocycles. The largest absolute Gasteiger partial charge is 0.388 e. The Balaban J connectivity index is 1.96. The predicted molar refractivity (Wildman–Crippen MR) is 82.9 cm³/mol. The molecule has 1 heterocycles. The Labute approximate surface area is 124 Å². The van der Waals surface area contributed by atoms with E-state index in [1.165, 1.54) is 0 Å². The van der Waals surface area contributed by atoms with Gasteiger partial charge < -0.3 is 10.4 Å². The SMILES string of the molecule is CCC(C)C(C)(O)CNC(=O)Cc1[nH]nc2ccccc12. The highest BCUT2D eigenvalue weighted by molar-refractivity contribution is 5.87. The molecule has 0 radical (unpaired) electrons. The van der Waals surface area contributed by atoms with Gasteiger partial charge in [-0.1, -0.05) is 38.5 Å². The molecule has 114 valence electrons. The highest BCUT2D eigenvalue weighted by atomic mass is 16.3. The molecule has 21 heavy (non-hydrogen) atoms. The molecule has 3 N–H and O–H groups in total. The Hall–Kier alpha value is -1.88. The lowest BCUT2D eigenvalue weighted by molar-refractivity contribution is -0.122. The topological polar surface area (TPSA) is 78.0 Å². The fourth-order valence-electron chi connectivity index (χ4n) is 2.26. The van der Waals surface area contributed by atoms with E-state index in [-0.39, 0.29) is 24.8 Å². The van der Waals surface area contributed by atoms with E-state index >= 15 is 0 Å². The maximum atomic E-state index is 12.0. The second-order valence-electron chi connectivity index (χ2n) is 5.84. The van der Waals surface area contributed by atoms with Gasteiger partial charge in [-0.2, -0.15) is 5.10 Å². The molecule has 0 spiro atoms. The molecule has 5 nitrogen and oxygen atoms in total. The zero-order valence-electron chi connectivity index (χ0n) is 12.8. The molecule has 1 aromatic carbocycles. The highest BCUT2D eigenvalue weighted by Crippen LogP contribution is 2.19. The molecule has 1 aromatic heterocycles. The lowest BCUT2D eigenvalue weighted by Crippen LogP contribution is -2.45. The number of para-hydroxylation sites is 1. The molecule has 0 fully saturated rings. The van der Waals surface area contributed by atoms with Crippen LogP contribution in [-0.4, -0.2) is 33.4 Å². The number of amides is 1. The number of benzene rings is 1. The summed E-state index contributed by atoms with van der Waals surface area (Å²) in [5, 5.41) is 21.1. The number of hydrogen-bond acceptors (Lipinski definition) is 3. The van der Waals surface area contributed by atoms with E-state index in [1.807, 2.05) is 38.1 Å². The maximum absolute atomic E-state index is 12.0. The number of nitrogens with zero attached hydrogens (tertiary/aromatic N) is 1. The molecule has 2 unspecified atom stereocenters. The molecule has 2 atom stereocenters. The van der Waals surface area contributed by atoms with Gasteiger partial charge >= 0.3 is 0 Å². The fourth-order valence-corrected chi connectivity index (χ4v) is 2.26. The smallest absolute Gasteiger partial charge is 0.226 e. The second kappa shape index (κ2) is 6.26. The number of aromatic amines is 1. The van der Waals surface area contributed by atoms with Crippen molar-refractivity contribution < 1.29 is 9.90 Å². The van der Waals surface area contributed by atoms with E-state index in [1.54, 1.807) is 6.92 Å².